The lowest BCUT2D eigenvalue weighted by atomic mass is 9.83. The molecular formula is C30H38N2O7. The fourth-order valence-corrected chi connectivity index (χ4v) is 4.77. The number of hydrogen-bond donors (Lipinski definition) is 2. The van der Waals surface area contributed by atoms with E-state index >= 15 is 0 Å². The van der Waals surface area contributed by atoms with Crippen molar-refractivity contribution in [2.75, 3.05) is 38.8 Å². The summed E-state index contributed by atoms with van der Waals surface area (Å²) in [7, 11) is 2.86. The number of hydrogen-bond acceptors (Lipinski definition) is 7. The van der Waals surface area contributed by atoms with Crippen molar-refractivity contribution < 1.29 is 34.1 Å². The lowest BCUT2D eigenvalue weighted by Gasteiger charge is -2.28. The standard InChI is InChI=1S/C30H38N2O7/c1-22(10-9-13-27(34)31(18-19-33)21-23-11-5-4-6-12-23)30(37)25-20-24(38-2)15-16-26(25)32(29(30)36)17-8-7-14-28(35)39-3/h4-6,9-12,15-16,20,22,33,37H,7-8,13-14,17-19,21H2,1-3H3/b10-9+/t22-,30+/m0/s1. The van der Waals surface area contributed by atoms with Crippen LogP contribution in [-0.4, -0.2) is 66.8 Å². The van der Waals surface area contributed by atoms with Crippen LogP contribution in [0.4, 0.5) is 5.69 Å². The quantitative estimate of drug-likeness (QED) is 0.216. The summed E-state index contributed by atoms with van der Waals surface area (Å²) in [6, 6.07) is 14.7. The zero-order chi connectivity index (χ0) is 28.4. The van der Waals surface area contributed by atoms with Crippen LogP contribution >= 0.6 is 0 Å². The summed E-state index contributed by atoms with van der Waals surface area (Å²) in [5.74, 6) is -1.07. The highest BCUT2D eigenvalue weighted by Gasteiger charge is 2.52. The van der Waals surface area contributed by atoms with Crippen molar-refractivity contribution in [2.24, 2.45) is 5.92 Å². The summed E-state index contributed by atoms with van der Waals surface area (Å²) in [5, 5.41) is 21.2. The molecule has 210 valence electrons. The summed E-state index contributed by atoms with van der Waals surface area (Å²) in [6.07, 6.45) is 4.76. The minimum absolute atomic E-state index is 0.0592. The SMILES string of the molecule is COC(=O)CCCCN1C(=O)[C@@](O)([C@@H](C)/C=C/CC(=O)N(CCO)Cc2ccccc2)c2cc(OC)ccc21. The van der Waals surface area contributed by atoms with Crippen LogP contribution in [-0.2, 0) is 31.3 Å². The minimum atomic E-state index is -1.85. The molecule has 2 atom stereocenters. The van der Waals surface area contributed by atoms with Crippen molar-refractivity contribution in [2.45, 2.75) is 44.8 Å². The van der Waals surface area contributed by atoms with Crippen molar-refractivity contribution in [1.29, 1.82) is 0 Å². The molecule has 2 aromatic carbocycles. The molecule has 39 heavy (non-hydrogen) atoms. The Labute approximate surface area is 229 Å². The van der Waals surface area contributed by atoms with E-state index in [1.54, 1.807) is 47.1 Å². The Hall–Kier alpha value is -3.69. The summed E-state index contributed by atoms with van der Waals surface area (Å²) >= 11 is 0. The van der Waals surface area contributed by atoms with E-state index in [0.29, 0.717) is 42.9 Å². The van der Waals surface area contributed by atoms with Gasteiger partial charge in [0.1, 0.15) is 5.75 Å². The number of amides is 2. The van der Waals surface area contributed by atoms with E-state index in [9.17, 15) is 24.6 Å². The number of aliphatic hydroxyl groups is 2. The fourth-order valence-electron chi connectivity index (χ4n) is 4.77. The highest BCUT2D eigenvalue weighted by molar-refractivity contribution is 6.07. The zero-order valence-electron chi connectivity index (χ0n) is 22.8. The molecule has 3 rings (SSSR count). The summed E-state index contributed by atoms with van der Waals surface area (Å²) in [6.45, 7) is 2.50. The van der Waals surface area contributed by atoms with Crippen LogP contribution in [0.1, 0.15) is 43.7 Å². The highest BCUT2D eigenvalue weighted by atomic mass is 16.5. The van der Waals surface area contributed by atoms with Crippen molar-refractivity contribution >= 4 is 23.5 Å². The summed E-state index contributed by atoms with van der Waals surface area (Å²) in [5.41, 5.74) is 0.143. The molecule has 1 aliphatic rings. The van der Waals surface area contributed by atoms with Crippen LogP contribution in [0.3, 0.4) is 0 Å². The monoisotopic (exact) mass is 538 g/mol. The number of esters is 1. The lowest BCUT2D eigenvalue weighted by molar-refractivity contribution is -0.140. The Morgan fingerprint density at radius 2 is 1.87 bits per heavy atom. The van der Waals surface area contributed by atoms with Crippen LogP contribution in [0.2, 0.25) is 0 Å². The smallest absolute Gasteiger partial charge is 0.305 e. The average Bonchev–Trinajstić information content (AvgIpc) is 3.17. The first-order valence-electron chi connectivity index (χ1n) is 13.1. The summed E-state index contributed by atoms with van der Waals surface area (Å²) in [4.78, 5) is 41.1. The average molecular weight is 539 g/mol. The second kappa shape index (κ2) is 13.9. The number of unbranched alkanes of at least 4 members (excludes halogenated alkanes) is 1. The number of benzene rings is 2. The Kier molecular flexibility index (Phi) is 10.7. The summed E-state index contributed by atoms with van der Waals surface area (Å²) < 4.78 is 10.0. The topological polar surface area (TPSA) is 117 Å². The Balaban J connectivity index is 1.74. The Morgan fingerprint density at radius 1 is 1.13 bits per heavy atom. The molecule has 0 bridgehead atoms. The number of nitrogens with zero attached hydrogens (tertiary/aromatic N) is 2. The first-order chi connectivity index (χ1) is 18.8. The van der Waals surface area contributed by atoms with Gasteiger partial charge in [-0.3, -0.25) is 14.4 Å². The van der Waals surface area contributed by atoms with E-state index in [1.807, 2.05) is 30.3 Å². The largest absolute Gasteiger partial charge is 0.497 e. The molecule has 0 spiro atoms. The number of fused-ring (bicyclic) bond motifs is 1. The number of rotatable bonds is 14. The van der Waals surface area contributed by atoms with Gasteiger partial charge in [-0.05, 0) is 36.6 Å². The normalized spacial score (nSPS) is 17.3. The van der Waals surface area contributed by atoms with Gasteiger partial charge in [-0.2, -0.15) is 0 Å². The molecule has 0 saturated carbocycles. The molecule has 0 fully saturated rings. The highest BCUT2D eigenvalue weighted by Crippen LogP contribution is 2.46. The van der Waals surface area contributed by atoms with E-state index in [0.717, 1.165) is 5.56 Å². The van der Waals surface area contributed by atoms with Gasteiger partial charge in [0, 0.05) is 44.0 Å². The van der Waals surface area contributed by atoms with Gasteiger partial charge in [0.25, 0.3) is 5.91 Å². The molecule has 0 aromatic heterocycles. The zero-order valence-corrected chi connectivity index (χ0v) is 22.8. The van der Waals surface area contributed by atoms with Crippen molar-refractivity contribution in [3.8, 4) is 5.75 Å². The predicted molar refractivity (Wildman–Crippen MR) is 147 cm³/mol. The van der Waals surface area contributed by atoms with E-state index in [-0.39, 0.29) is 37.9 Å². The van der Waals surface area contributed by atoms with Gasteiger partial charge in [0.15, 0.2) is 5.60 Å². The maximum absolute atomic E-state index is 13.6. The van der Waals surface area contributed by atoms with Crippen molar-refractivity contribution in [3.05, 3.63) is 71.8 Å². The molecule has 2 aromatic rings. The second-order valence-corrected chi connectivity index (χ2v) is 9.58. The molecule has 9 heteroatoms. The van der Waals surface area contributed by atoms with Gasteiger partial charge in [0.05, 0.1) is 26.5 Å². The van der Waals surface area contributed by atoms with Crippen molar-refractivity contribution in [3.63, 3.8) is 0 Å². The van der Waals surface area contributed by atoms with Gasteiger partial charge in [-0.15, -0.1) is 0 Å². The number of aliphatic hydroxyl groups excluding tert-OH is 1. The molecular weight excluding hydrogens is 500 g/mol. The first kappa shape index (κ1) is 29.9. The van der Waals surface area contributed by atoms with Gasteiger partial charge in [-0.1, -0.05) is 49.4 Å². The Morgan fingerprint density at radius 3 is 2.54 bits per heavy atom. The van der Waals surface area contributed by atoms with Crippen LogP contribution in [0, 0.1) is 5.92 Å². The van der Waals surface area contributed by atoms with E-state index in [1.165, 1.54) is 14.2 Å². The molecule has 0 radical (unpaired) electrons. The van der Waals surface area contributed by atoms with Crippen LogP contribution in [0.25, 0.3) is 0 Å². The second-order valence-electron chi connectivity index (χ2n) is 9.58. The number of carbonyl (C=O) groups is 3. The van der Waals surface area contributed by atoms with Gasteiger partial charge in [-0.25, -0.2) is 0 Å². The third-order valence-corrected chi connectivity index (χ3v) is 7.03. The van der Waals surface area contributed by atoms with E-state index < -0.39 is 17.4 Å². The van der Waals surface area contributed by atoms with Crippen LogP contribution < -0.4 is 9.64 Å². The lowest BCUT2D eigenvalue weighted by Crippen LogP contribution is -2.44. The minimum Gasteiger partial charge on any atom is -0.497 e. The molecule has 0 aliphatic carbocycles. The molecule has 1 aliphatic heterocycles. The van der Waals surface area contributed by atoms with Gasteiger partial charge in [0.2, 0.25) is 5.91 Å². The fraction of sp³-hybridized carbons (Fsp3) is 0.433. The number of methoxy groups -OCH3 is 2. The van der Waals surface area contributed by atoms with Gasteiger partial charge >= 0.3 is 5.97 Å². The number of anilines is 1. The molecule has 0 saturated heterocycles. The molecule has 9 nitrogen and oxygen atoms in total. The number of carbonyl (C=O) groups excluding carboxylic acids is 3. The molecule has 2 N–H and O–H groups in total. The predicted octanol–water partition coefficient (Wildman–Crippen LogP) is 3.18. The first-order valence-corrected chi connectivity index (χ1v) is 13.1. The number of ether oxygens (including phenoxy) is 2. The van der Waals surface area contributed by atoms with Crippen molar-refractivity contribution in [1.82, 2.24) is 4.90 Å². The van der Waals surface area contributed by atoms with Gasteiger partial charge < -0.3 is 29.5 Å². The Bertz CT molecular complexity index is 1170. The van der Waals surface area contributed by atoms with Crippen LogP contribution in [0.15, 0.2) is 60.7 Å². The molecule has 0 unspecified atom stereocenters. The molecule has 1 heterocycles. The van der Waals surface area contributed by atoms with E-state index in [4.69, 9.17) is 4.74 Å². The maximum Gasteiger partial charge on any atom is 0.305 e. The molecule has 2 amide bonds. The third-order valence-electron chi connectivity index (χ3n) is 7.03. The maximum atomic E-state index is 13.6. The van der Waals surface area contributed by atoms with E-state index in [2.05, 4.69) is 4.74 Å². The third kappa shape index (κ3) is 7.04. The van der Waals surface area contributed by atoms with Crippen LogP contribution in [0.5, 0.6) is 5.75 Å².